The molecule has 0 N–H and O–H groups in total. The second-order valence-corrected chi connectivity index (χ2v) is 2.17. The van der Waals surface area contributed by atoms with Gasteiger partial charge in [-0.05, 0) is 19.3 Å². The van der Waals surface area contributed by atoms with Crippen LogP contribution in [-0.4, -0.2) is 0 Å². The van der Waals surface area contributed by atoms with E-state index in [1.807, 2.05) is 0 Å². The summed E-state index contributed by atoms with van der Waals surface area (Å²) < 4.78 is 0. The number of hydrogen-bond acceptors (Lipinski definition) is 0. The molecule has 0 radical (unpaired) electrons. The summed E-state index contributed by atoms with van der Waals surface area (Å²) in [6.07, 6.45) is 16.5. The Kier molecular flexibility index (Phi) is 2.91. The highest BCUT2D eigenvalue weighted by Gasteiger charge is 1.79. The first-order chi connectivity index (χ1) is 4.50. The molecule has 0 aromatic heterocycles. The Balaban J connectivity index is 2.45. The first-order valence-electron chi connectivity index (χ1n) is 3.48. The average Bonchev–Trinajstić information content (AvgIpc) is 2.00. The second kappa shape index (κ2) is 4.13. The number of allylic oxidation sites excluding steroid dienone is 6. The predicted molar refractivity (Wildman–Crippen MR) is 41.3 cm³/mol. The topological polar surface area (TPSA) is 0 Å². The fraction of sp³-hybridized carbons (Fsp3) is 0.333. The Morgan fingerprint density at radius 3 is 1.78 bits per heavy atom. The molecule has 0 aromatic rings. The third-order valence-electron chi connectivity index (χ3n) is 1.35. The van der Waals surface area contributed by atoms with Gasteiger partial charge in [-0.2, -0.15) is 0 Å². The van der Waals surface area contributed by atoms with E-state index in [9.17, 15) is 0 Å². The maximum atomic E-state index is 2.21. The van der Waals surface area contributed by atoms with Crippen LogP contribution in [0.1, 0.15) is 19.3 Å². The van der Waals surface area contributed by atoms with Crippen molar-refractivity contribution in [2.24, 2.45) is 0 Å². The molecule has 0 heteroatoms. The molecule has 0 heterocycles. The highest BCUT2D eigenvalue weighted by atomic mass is 13.9. The zero-order valence-electron chi connectivity index (χ0n) is 5.59. The van der Waals surface area contributed by atoms with Crippen LogP contribution >= 0.6 is 0 Å². The lowest BCUT2D eigenvalue weighted by molar-refractivity contribution is 0.869. The van der Waals surface area contributed by atoms with Gasteiger partial charge < -0.3 is 0 Å². The van der Waals surface area contributed by atoms with Crippen LogP contribution in [0.25, 0.3) is 0 Å². The van der Waals surface area contributed by atoms with E-state index in [2.05, 4.69) is 36.5 Å². The molecule has 0 bridgehead atoms. The maximum Gasteiger partial charge on any atom is -0.0345 e. The summed E-state index contributed by atoms with van der Waals surface area (Å²) in [5, 5.41) is 0. The second-order valence-electron chi connectivity index (χ2n) is 2.17. The lowest BCUT2D eigenvalue weighted by Crippen LogP contribution is -1.65. The minimum Gasteiger partial charge on any atom is -0.0845 e. The Bertz CT molecular complexity index is 122. The standard InChI is InChI=1S/C9H12/c1-2-4-6-8-9-7-5-3-1/h1-6H,7-9H2/b2-1-,5-3+,6-4+. The van der Waals surface area contributed by atoms with Crippen LogP contribution in [0.3, 0.4) is 0 Å². The normalized spacial score (nSPS) is 29.3. The molecule has 0 aliphatic heterocycles. The van der Waals surface area contributed by atoms with Gasteiger partial charge in [0.15, 0.2) is 0 Å². The van der Waals surface area contributed by atoms with Gasteiger partial charge in [-0.25, -0.2) is 0 Å². The molecule has 0 atom stereocenters. The van der Waals surface area contributed by atoms with Crippen molar-refractivity contribution < 1.29 is 0 Å². The van der Waals surface area contributed by atoms with E-state index in [4.69, 9.17) is 0 Å². The fourth-order valence-electron chi connectivity index (χ4n) is 0.831. The summed E-state index contributed by atoms with van der Waals surface area (Å²) in [4.78, 5) is 0. The highest BCUT2D eigenvalue weighted by Crippen LogP contribution is 2.00. The largest absolute Gasteiger partial charge is 0.0845 e. The smallest absolute Gasteiger partial charge is 0.0345 e. The van der Waals surface area contributed by atoms with E-state index in [0.29, 0.717) is 0 Å². The monoisotopic (exact) mass is 120 g/mol. The lowest BCUT2D eigenvalue weighted by atomic mass is 10.2. The van der Waals surface area contributed by atoms with E-state index >= 15 is 0 Å². The summed E-state index contributed by atoms with van der Waals surface area (Å²) in [6, 6.07) is 0. The maximum absolute atomic E-state index is 2.21. The van der Waals surface area contributed by atoms with Crippen molar-refractivity contribution in [2.45, 2.75) is 19.3 Å². The minimum atomic E-state index is 1.22. The van der Waals surface area contributed by atoms with Crippen LogP contribution < -0.4 is 0 Å². The molecule has 9 heavy (non-hydrogen) atoms. The zero-order chi connectivity index (χ0) is 6.36. The molecular weight excluding hydrogens is 108 g/mol. The molecule has 0 saturated heterocycles. The van der Waals surface area contributed by atoms with E-state index < -0.39 is 0 Å². The first-order valence-corrected chi connectivity index (χ1v) is 3.48. The van der Waals surface area contributed by atoms with Gasteiger partial charge >= 0.3 is 0 Å². The molecule has 0 spiro atoms. The van der Waals surface area contributed by atoms with Crippen LogP contribution in [0.4, 0.5) is 0 Å². The van der Waals surface area contributed by atoms with Gasteiger partial charge in [-0.3, -0.25) is 0 Å². The van der Waals surface area contributed by atoms with Gasteiger partial charge in [0.05, 0.1) is 0 Å². The Labute approximate surface area is 56.6 Å². The average molecular weight is 120 g/mol. The van der Waals surface area contributed by atoms with Crippen LogP contribution in [0, 0.1) is 0 Å². The lowest BCUT2D eigenvalue weighted by Gasteiger charge is -1.85. The molecule has 1 aliphatic carbocycles. The SMILES string of the molecule is C1=C\C=C\CCC/C=C/1. The van der Waals surface area contributed by atoms with Gasteiger partial charge in [-0.15, -0.1) is 0 Å². The number of hydrogen-bond donors (Lipinski definition) is 0. The highest BCUT2D eigenvalue weighted by molar-refractivity contribution is 5.12. The van der Waals surface area contributed by atoms with Gasteiger partial charge in [0.2, 0.25) is 0 Å². The van der Waals surface area contributed by atoms with Crippen molar-refractivity contribution in [3.05, 3.63) is 36.5 Å². The third-order valence-corrected chi connectivity index (χ3v) is 1.35. The zero-order valence-corrected chi connectivity index (χ0v) is 5.59. The van der Waals surface area contributed by atoms with Crippen molar-refractivity contribution in [2.75, 3.05) is 0 Å². The molecule has 0 saturated carbocycles. The molecular formula is C9H12. The van der Waals surface area contributed by atoms with Gasteiger partial charge in [0, 0.05) is 0 Å². The Morgan fingerprint density at radius 1 is 0.667 bits per heavy atom. The molecule has 0 amide bonds. The molecule has 0 nitrogen and oxygen atoms in total. The van der Waals surface area contributed by atoms with Crippen LogP contribution in [-0.2, 0) is 0 Å². The molecule has 0 fully saturated rings. The van der Waals surface area contributed by atoms with Crippen molar-refractivity contribution in [3.8, 4) is 0 Å². The minimum absolute atomic E-state index is 1.22. The first kappa shape index (κ1) is 6.34. The Hall–Kier alpha value is -0.780. The van der Waals surface area contributed by atoms with Gasteiger partial charge in [0.1, 0.15) is 0 Å². The molecule has 0 unspecified atom stereocenters. The molecule has 1 aliphatic rings. The number of rotatable bonds is 0. The van der Waals surface area contributed by atoms with Crippen LogP contribution in [0.5, 0.6) is 0 Å². The van der Waals surface area contributed by atoms with E-state index in [0.717, 1.165) is 0 Å². The third kappa shape index (κ3) is 2.91. The quantitative estimate of drug-likeness (QED) is 0.461. The van der Waals surface area contributed by atoms with E-state index in [1.54, 1.807) is 0 Å². The van der Waals surface area contributed by atoms with E-state index in [1.165, 1.54) is 19.3 Å². The van der Waals surface area contributed by atoms with Crippen LogP contribution in [0.2, 0.25) is 0 Å². The summed E-state index contributed by atoms with van der Waals surface area (Å²) in [5.74, 6) is 0. The summed E-state index contributed by atoms with van der Waals surface area (Å²) in [6.45, 7) is 0. The molecule has 1 rings (SSSR count). The summed E-state index contributed by atoms with van der Waals surface area (Å²) in [7, 11) is 0. The van der Waals surface area contributed by atoms with Gasteiger partial charge in [-0.1, -0.05) is 36.5 Å². The van der Waals surface area contributed by atoms with Crippen LogP contribution in [0.15, 0.2) is 36.5 Å². The fourth-order valence-corrected chi connectivity index (χ4v) is 0.831. The van der Waals surface area contributed by atoms with Crippen molar-refractivity contribution >= 4 is 0 Å². The van der Waals surface area contributed by atoms with E-state index in [-0.39, 0.29) is 0 Å². The summed E-state index contributed by atoms with van der Waals surface area (Å²) >= 11 is 0. The van der Waals surface area contributed by atoms with Crippen molar-refractivity contribution in [3.63, 3.8) is 0 Å². The summed E-state index contributed by atoms with van der Waals surface area (Å²) in [5.41, 5.74) is 0. The predicted octanol–water partition coefficient (Wildman–Crippen LogP) is 2.84. The van der Waals surface area contributed by atoms with Crippen molar-refractivity contribution in [1.29, 1.82) is 0 Å². The molecule has 0 aromatic carbocycles. The van der Waals surface area contributed by atoms with Crippen molar-refractivity contribution in [1.82, 2.24) is 0 Å². The van der Waals surface area contributed by atoms with Gasteiger partial charge in [0.25, 0.3) is 0 Å². The molecule has 48 valence electrons. The Morgan fingerprint density at radius 2 is 1.22 bits per heavy atom.